The van der Waals surface area contributed by atoms with Gasteiger partial charge in [-0.05, 0) is 35.9 Å². The summed E-state index contributed by atoms with van der Waals surface area (Å²) < 4.78 is 0. The van der Waals surface area contributed by atoms with E-state index < -0.39 is 16.7 Å². The Kier molecular flexibility index (Phi) is 5.46. The number of non-ortho nitro benzene ring substituents is 1. The molecule has 2 aromatic carbocycles. The maximum absolute atomic E-state index is 13.6. The lowest BCUT2D eigenvalue weighted by molar-refractivity contribution is -0.384. The van der Waals surface area contributed by atoms with Crippen molar-refractivity contribution >= 4 is 34.7 Å². The second kappa shape index (κ2) is 8.74. The van der Waals surface area contributed by atoms with Crippen LogP contribution in [-0.2, 0) is 9.59 Å². The molecule has 170 valence electrons. The smallest absolute Gasteiger partial charge is 0.282 e. The molecule has 10 nitrogen and oxygen atoms in total. The summed E-state index contributed by atoms with van der Waals surface area (Å²) in [4.78, 5) is 51.4. The largest absolute Gasteiger partial charge is 0.363 e. The fourth-order valence-electron chi connectivity index (χ4n) is 4.22. The number of nitro groups is 1. The van der Waals surface area contributed by atoms with Gasteiger partial charge in [-0.3, -0.25) is 19.7 Å². The van der Waals surface area contributed by atoms with Gasteiger partial charge in [-0.15, -0.1) is 0 Å². The van der Waals surface area contributed by atoms with Crippen molar-refractivity contribution in [2.75, 3.05) is 36.0 Å². The molecule has 0 atom stereocenters. The van der Waals surface area contributed by atoms with Crippen LogP contribution in [0.4, 0.5) is 17.3 Å². The van der Waals surface area contributed by atoms with Crippen molar-refractivity contribution in [3.8, 4) is 0 Å². The predicted octanol–water partition coefficient (Wildman–Crippen LogP) is 2.49. The Labute approximate surface area is 194 Å². The lowest BCUT2D eigenvalue weighted by Crippen LogP contribution is -2.48. The summed E-state index contributed by atoms with van der Waals surface area (Å²) in [5, 5.41) is 11.1. The third-order valence-electron chi connectivity index (χ3n) is 5.87. The third-order valence-corrected chi connectivity index (χ3v) is 5.87. The highest BCUT2D eigenvalue weighted by Crippen LogP contribution is 2.35. The lowest BCUT2D eigenvalue weighted by Gasteiger charge is -2.36. The molecule has 10 heteroatoms. The Balaban J connectivity index is 1.51. The minimum Gasteiger partial charge on any atom is -0.363 e. The molecule has 3 heterocycles. The summed E-state index contributed by atoms with van der Waals surface area (Å²) in [6.07, 6.45) is 3.36. The summed E-state index contributed by atoms with van der Waals surface area (Å²) >= 11 is 0. The molecule has 0 radical (unpaired) electrons. The molecule has 0 spiro atoms. The van der Waals surface area contributed by atoms with Crippen LogP contribution in [0.2, 0.25) is 0 Å². The van der Waals surface area contributed by atoms with Crippen LogP contribution in [0.1, 0.15) is 5.56 Å². The van der Waals surface area contributed by atoms with E-state index in [0.717, 1.165) is 0 Å². The van der Waals surface area contributed by atoms with Crippen molar-refractivity contribution < 1.29 is 14.5 Å². The number of nitro benzene ring substituents is 1. The molecule has 2 amide bonds. The third kappa shape index (κ3) is 3.75. The molecule has 1 aromatic heterocycles. The van der Waals surface area contributed by atoms with Gasteiger partial charge in [0.2, 0.25) is 5.95 Å². The molecule has 1 fully saturated rings. The standard InChI is InChI=1S/C24H20N6O4/c31-22-20(17-7-9-19(10-8-17)30(33)34)21(23(32)29(22)18-5-2-1-3-6-18)27-13-15-28(16-14-27)24-25-11-4-12-26-24/h1-12H,13-16H2. The minimum atomic E-state index is -0.498. The van der Waals surface area contributed by atoms with Crippen LogP contribution in [0.3, 0.4) is 0 Å². The van der Waals surface area contributed by atoms with Crippen molar-refractivity contribution in [2.24, 2.45) is 0 Å². The normalized spacial score (nSPS) is 16.4. The first-order chi connectivity index (χ1) is 16.5. The van der Waals surface area contributed by atoms with E-state index in [0.29, 0.717) is 49.1 Å². The number of carbonyl (C=O) groups is 2. The Morgan fingerprint density at radius 1 is 0.765 bits per heavy atom. The van der Waals surface area contributed by atoms with Gasteiger partial charge in [-0.2, -0.15) is 0 Å². The number of nitrogens with zero attached hydrogens (tertiary/aromatic N) is 6. The highest BCUT2D eigenvalue weighted by atomic mass is 16.6. The van der Waals surface area contributed by atoms with Gasteiger partial charge in [0.1, 0.15) is 5.70 Å². The average Bonchev–Trinajstić information content (AvgIpc) is 3.15. The van der Waals surface area contributed by atoms with Gasteiger partial charge in [0.05, 0.1) is 16.2 Å². The number of piperazine rings is 1. The fourth-order valence-corrected chi connectivity index (χ4v) is 4.22. The minimum absolute atomic E-state index is 0.0842. The van der Waals surface area contributed by atoms with Gasteiger partial charge in [0.15, 0.2) is 0 Å². The fraction of sp³-hybridized carbons (Fsp3) is 0.167. The summed E-state index contributed by atoms with van der Waals surface area (Å²) in [6, 6.07) is 16.2. The number of carbonyl (C=O) groups excluding carboxylic acids is 2. The van der Waals surface area contributed by atoms with Crippen molar-refractivity contribution in [2.45, 2.75) is 0 Å². The van der Waals surface area contributed by atoms with E-state index in [9.17, 15) is 19.7 Å². The number of rotatable bonds is 5. The van der Waals surface area contributed by atoms with Crippen LogP contribution in [0.5, 0.6) is 0 Å². The van der Waals surface area contributed by atoms with Gasteiger partial charge in [0.25, 0.3) is 17.5 Å². The summed E-state index contributed by atoms with van der Waals surface area (Å²) in [5.74, 6) is -0.241. The maximum Gasteiger partial charge on any atom is 0.282 e. The van der Waals surface area contributed by atoms with Gasteiger partial charge < -0.3 is 9.80 Å². The SMILES string of the molecule is O=C1C(c2ccc([N+](=O)[O-])cc2)=C(N2CCN(c3ncccn3)CC2)C(=O)N1c1ccccc1. The average molecular weight is 456 g/mol. The highest BCUT2D eigenvalue weighted by Gasteiger charge is 2.43. The lowest BCUT2D eigenvalue weighted by atomic mass is 10.0. The van der Waals surface area contributed by atoms with E-state index >= 15 is 0 Å². The van der Waals surface area contributed by atoms with E-state index in [1.54, 1.807) is 42.7 Å². The van der Waals surface area contributed by atoms with Crippen molar-refractivity contribution in [1.29, 1.82) is 0 Å². The predicted molar refractivity (Wildman–Crippen MR) is 125 cm³/mol. The Hall–Kier alpha value is -4.60. The first kappa shape index (κ1) is 21.3. The molecule has 2 aliphatic rings. The van der Waals surface area contributed by atoms with E-state index in [2.05, 4.69) is 9.97 Å². The zero-order valence-corrected chi connectivity index (χ0v) is 18.1. The van der Waals surface area contributed by atoms with E-state index in [-0.39, 0.29) is 11.3 Å². The summed E-state index contributed by atoms with van der Waals surface area (Å²) in [6.45, 7) is 2.14. The topological polar surface area (TPSA) is 113 Å². The number of hydrogen-bond acceptors (Lipinski definition) is 8. The van der Waals surface area contributed by atoms with Crippen LogP contribution in [0.25, 0.3) is 5.57 Å². The molecule has 2 aliphatic heterocycles. The van der Waals surface area contributed by atoms with Gasteiger partial charge in [-0.1, -0.05) is 18.2 Å². The zero-order valence-electron chi connectivity index (χ0n) is 18.1. The first-order valence-corrected chi connectivity index (χ1v) is 10.7. The number of hydrogen-bond donors (Lipinski definition) is 0. The van der Waals surface area contributed by atoms with Crippen LogP contribution in [-0.4, -0.2) is 57.8 Å². The molecule has 0 unspecified atom stereocenters. The second-order valence-electron chi connectivity index (χ2n) is 7.83. The van der Waals surface area contributed by atoms with E-state index in [1.807, 2.05) is 15.9 Å². The van der Waals surface area contributed by atoms with Crippen molar-refractivity contribution in [3.63, 3.8) is 0 Å². The summed E-state index contributed by atoms with van der Waals surface area (Å²) in [7, 11) is 0. The number of imide groups is 1. The molecule has 5 rings (SSSR count). The number of benzene rings is 2. The summed E-state index contributed by atoms with van der Waals surface area (Å²) in [5.41, 5.74) is 1.40. The van der Waals surface area contributed by atoms with Gasteiger partial charge in [-0.25, -0.2) is 14.9 Å². The van der Waals surface area contributed by atoms with Crippen LogP contribution in [0, 0.1) is 10.1 Å². The molecule has 1 saturated heterocycles. The van der Waals surface area contributed by atoms with E-state index in [4.69, 9.17) is 0 Å². The van der Waals surface area contributed by atoms with Crippen LogP contribution in [0.15, 0.2) is 78.8 Å². The van der Waals surface area contributed by atoms with Crippen LogP contribution < -0.4 is 9.80 Å². The molecule has 0 bridgehead atoms. The van der Waals surface area contributed by atoms with E-state index in [1.165, 1.54) is 29.2 Å². The second-order valence-corrected chi connectivity index (χ2v) is 7.83. The Morgan fingerprint density at radius 2 is 1.38 bits per heavy atom. The molecule has 0 aliphatic carbocycles. The van der Waals surface area contributed by atoms with Crippen molar-refractivity contribution in [3.05, 3.63) is 94.4 Å². The van der Waals surface area contributed by atoms with Gasteiger partial charge >= 0.3 is 0 Å². The first-order valence-electron chi connectivity index (χ1n) is 10.7. The Bertz CT molecular complexity index is 1270. The molecule has 34 heavy (non-hydrogen) atoms. The molecule has 0 saturated carbocycles. The molecule has 3 aromatic rings. The monoisotopic (exact) mass is 456 g/mol. The highest BCUT2D eigenvalue weighted by molar-refractivity contribution is 6.45. The van der Waals surface area contributed by atoms with Crippen LogP contribution >= 0.6 is 0 Å². The molecular weight excluding hydrogens is 436 g/mol. The molecule has 0 N–H and O–H groups in total. The quantitative estimate of drug-likeness (QED) is 0.327. The molecular formula is C24H20N6O4. The number of para-hydroxylation sites is 1. The van der Waals surface area contributed by atoms with Gasteiger partial charge in [0, 0.05) is 50.7 Å². The van der Waals surface area contributed by atoms with Crippen molar-refractivity contribution in [1.82, 2.24) is 14.9 Å². The number of aromatic nitrogens is 2. The Morgan fingerprint density at radius 3 is 2.00 bits per heavy atom. The zero-order chi connectivity index (χ0) is 23.7. The number of anilines is 2. The maximum atomic E-state index is 13.6. The number of amides is 2.